The van der Waals surface area contributed by atoms with Gasteiger partial charge in [0.25, 0.3) is 10.0 Å². The first-order valence-electron chi connectivity index (χ1n) is 15.2. The highest BCUT2D eigenvalue weighted by molar-refractivity contribution is 7.90. The number of nitrogens with one attached hydrogen (secondary N) is 2. The summed E-state index contributed by atoms with van der Waals surface area (Å²) in [6.45, 7) is 2.13. The van der Waals surface area contributed by atoms with E-state index in [1.165, 1.54) is 18.6 Å². The molecule has 0 unspecified atom stereocenters. The monoisotopic (exact) mass is 658 g/mol. The summed E-state index contributed by atoms with van der Waals surface area (Å²) >= 11 is 0. The van der Waals surface area contributed by atoms with Gasteiger partial charge < -0.3 is 15.5 Å². The summed E-state index contributed by atoms with van der Waals surface area (Å²) in [6.07, 6.45) is 8.09. The van der Waals surface area contributed by atoms with Crippen LogP contribution in [0.2, 0.25) is 0 Å². The van der Waals surface area contributed by atoms with Gasteiger partial charge in [-0.25, -0.2) is 23.4 Å². The summed E-state index contributed by atoms with van der Waals surface area (Å²) in [7, 11) is 0.641. The molecule has 2 fully saturated rings. The average molecular weight is 659 g/mol. The zero-order valence-electron chi connectivity index (χ0n) is 25.9. The Balaban J connectivity index is 1.24. The number of halogens is 3. The van der Waals surface area contributed by atoms with Crippen molar-refractivity contribution in [2.75, 3.05) is 31.3 Å². The first kappa shape index (κ1) is 31.9. The Morgan fingerprint density at radius 2 is 1.83 bits per heavy atom. The second-order valence-electron chi connectivity index (χ2n) is 12.8. The van der Waals surface area contributed by atoms with Gasteiger partial charge in [0.2, 0.25) is 0 Å². The van der Waals surface area contributed by atoms with Crippen LogP contribution in [0.15, 0.2) is 49.2 Å². The molecule has 246 valence electrons. The van der Waals surface area contributed by atoms with Crippen molar-refractivity contribution in [3.05, 3.63) is 49.2 Å². The Morgan fingerprint density at radius 1 is 1.07 bits per heavy atom. The van der Waals surface area contributed by atoms with Gasteiger partial charge in [-0.05, 0) is 70.2 Å². The van der Waals surface area contributed by atoms with Gasteiger partial charge in [-0.3, -0.25) is 4.68 Å². The van der Waals surface area contributed by atoms with Gasteiger partial charge in [-0.1, -0.05) is 6.92 Å². The van der Waals surface area contributed by atoms with Crippen molar-refractivity contribution in [2.24, 2.45) is 5.41 Å². The minimum absolute atomic E-state index is 0.163. The van der Waals surface area contributed by atoms with E-state index in [0.717, 1.165) is 41.0 Å². The Kier molecular flexibility index (Phi) is 8.52. The molecule has 0 bridgehead atoms. The van der Waals surface area contributed by atoms with Crippen molar-refractivity contribution >= 4 is 27.3 Å². The first-order chi connectivity index (χ1) is 21.8. The Bertz CT molecular complexity index is 1790. The molecule has 0 aromatic carbocycles. The minimum Gasteiger partial charge on any atom is -0.382 e. The van der Waals surface area contributed by atoms with Crippen LogP contribution < -0.4 is 10.6 Å². The molecule has 0 amide bonds. The Labute approximate surface area is 265 Å². The van der Waals surface area contributed by atoms with E-state index in [0.29, 0.717) is 47.0 Å². The third kappa shape index (κ3) is 7.49. The fraction of sp³-hybridized carbons (Fsp3) is 0.500. The van der Waals surface area contributed by atoms with Crippen LogP contribution in [0, 0.1) is 5.41 Å². The van der Waals surface area contributed by atoms with E-state index in [2.05, 4.69) is 61.7 Å². The quantitative estimate of drug-likeness (QED) is 0.222. The SMILES string of the molecule is CN(C)CC1(C)CCC(Nc2cc(Nc3ccnc(-c4cnn(S(=O)(=O)C5CC5)c4)n3)ncc2-c2ccn(CC(F)(F)F)n2)CC1. The number of rotatable bonds is 11. The number of nitrogens with zero attached hydrogens (tertiary/aromatic N) is 8. The predicted molar refractivity (Wildman–Crippen MR) is 168 cm³/mol. The minimum atomic E-state index is -4.39. The molecule has 46 heavy (non-hydrogen) atoms. The number of anilines is 3. The van der Waals surface area contributed by atoms with E-state index >= 15 is 0 Å². The van der Waals surface area contributed by atoms with E-state index in [9.17, 15) is 21.6 Å². The summed E-state index contributed by atoms with van der Waals surface area (Å²) in [4.78, 5) is 15.6. The molecular formula is C30H37F3N10O2S. The normalized spacial score (nSPS) is 20.6. The van der Waals surface area contributed by atoms with Gasteiger partial charge in [0.15, 0.2) is 5.82 Å². The van der Waals surface area contributed by atoms with Crippen molar-refractivity contribution < 1.29 is 21.6 Å². The topological polar surface area (TPSA) is 136 Å². The number of aromatic nitrogens is 7. The highest BCUT2D eigenvalue weighted by atomic mass is 32.2. The molecule has 0 radical (unpaired) electrons. The van der Waals surface area contributed by atoms with E-state index in [4.69, 9.17) is 0 Å². The van der Waals surface area contributed by atoms with Crippen LogP contribution in [-0.4, -0.2) is 85.3 Å². The van der Waals surface area contributed by atoms with E-state index in [-0.39, 0.29) is 17.3 Å². The standard InChI is InChI=1S/C30H37F3N10O2S/c1-29(18-41(2)3)10-6-21(7-11-29)37-25-14-27(35-16-23(25)24-9-13-42(40-24)19-30(31,32)33)38-26-8-12-34-28(39-26)20-15-36-43(17-20)46(44,45)22-4-5-22/h8-9,12-17,21-22H,4-7,10-11,18-19H2,1-3H3,(H2,34,35,37,38,39). The van der Waals surface area contributed by atoms with Crippen LogP contribution >= 0.6 is 0 Å². The molecule has 16 heteroatoms. The van der Waals surface area contributed by atoms with Crippen molar-refractivity contribution in [1.29, 1.82) is 0 Å². The molecule has 2 aliphatic carbocycles. The molecule has 0 aliphatic heterocycles. The Morgan fingerprint density at radius 3 is 2.52 bits per heavy atom. The highest BCUT2D eigenvalue weighted by Gasteiger charge is 2.38. The van der Waals surface area contributed by atoms with Gasteiger partial charge in [0.05, 0.1) is 28.9 Å². The maximum atomic E-state index is 13.0. The first-order valence-corrected chi connectivity index (χ1v) is 16.7. The summed E-state index contributed by atoms with van der Waals surface area (Å²) in [5.74, 6) is 1.15. The molecule has 4 aromatic rings. The van der Waals surface area contributed by atoms with Crippen LogP contribution in [0.1, 0.15) is 45.4 Å². The number of alkyl halides is 3. The maximum absolute atomic E-state index is 13.0. The molecule has 2 saturated carbocycles. The lowest BCUT2D eigenvalue weighted by atomic mass is 9.73. The molecule has 12 nitrogen and oxygen atoms in total. The van der Waals surface area contributed by atoms with E-state index < -0.39 is 28.0 Å². The van der Waals surface area contributed by atoms with Gasteiger partial charge >= 0.3 is 6.18 Å². The number of pyridine rings is 1. The summed E-state index contributed by atoms with van der Waals surface area (Å²) in [5.41, 5.74) is 2.32. The molecule has 2 aliphatic rings. The molecular weight excluding hydrogens is 621 g/mol. The van der Waals surface area contributed by atoms with Crippen molar-refractivity contribution in [2.45, 2.75) is 69.5 Å². The second-order valence-corrected chi connectivity index (χ2v) is 14.9. The van der Waals surface area contributed by atoms with Crippen LogP contribution in [0.5, 0.6) is 0 Å². The summed E-state index contributed by atoms with van der Waals surface area (Å²) < 4.78 is 66.1. The van der Waals surface area contributed by atoms with E-state index in [1.807, 2.05) is 0 Å². The van der Waals surface area contributed by atoms with Gasteiger partial charge in [-0.15, -0.1) is 0 Å². The predicted octanol–water partition coefficient (Wildman–Crippen LogP) is 5.17. The zero-order valence-corrected chi connectivity index (χ0v) is 26.7. The van der Waals surface area contributed by atoms with Gasteiger partial charge in [0, 0.05) is 48.5 Å². The van der Waals surface area contributed by atoms with Gasteiger partial charge in [0.1, 0.15) is 18.2 Å². The Hall–Kier alpha value is -4.05. The summed E-state index contributed by atoms with van der Waals surface area (Å²) in [5, 5.41) is 14.6. The molecule has 4 heterocycles. The molecule has 0 spiro atoms. The summed E-state index contributed by atoms with van der Waals surface area (Å²) in [6, 6.07) is 5.17. The number of hydrogen-bond acceptors (Lipinski definition) is 10. The molecule has 0 saturated heterocycles. The average Bonchev–Trinajstić information content (AvgIpc) is 3.56. The van der Waals surface area contributed by atoms with Crippen LogP contribution in [0.3, 0.4) is 0 Å². The molecule has 0 atom stereocenters. The van der Waals surface area contributed by atoms with E-state index in [1.54, 1.807) is 30.6 Å². The fourth-order valence-corrected chi connectivity index (χ4v) is 7.48. The zero-order chi connectivity index (χ0) is 32.7. The third-order valence-electron chi connectivity index (χ3n) is 8.35. The molecule has 2 N–H and O–H groups in total. The number of hydrogen-bond donors (Lipinski definition) is 2. The fourth-order valence-electron chi connectivity index (χ4n) is 6.00. The lowest BCUT2D eigenvalue weighted by molar-refractivity contribution is -0.142. The molecule has 6 rings (SSSR count). The third-order valence-corrected chi connectivity index (χ3v) is 10.4. The van der Waals surface area contributed by atoms with Crippen molar-refractivity contribution in [1.82, 2.24) is 38.8 Å². The van der Waals surface area contributed by atoms with Gasteiger partial charge in [-0.2, -0.15) is 27.5 Å². The van der Waals surface area contributed by atoms with Crippen LogP contribution in [0.25, 0.3) is 22.6 Å². The highest BCUT2D eigenvalue weighted by Crippen LogP contribution is 2.39. The lowest BCUT2D eigenvalue weighted by Gasteiger charge is -2.39. The largest absolute Gasteiger partial charge is 0.408 e. The van der Waals surface area contributed by atoms with Crippen LogP contribution in [-0.2, 0) is 16.6 Å². The lowest BCUT2D eigenvalue weighted by Crippen LogP contribution is -2.38. The van der Waals surface area contributed by atoms with Crippen molar-refractivity contribution in [3.63, 3.8) is 0 Å². The maximum Gasteiger partial charge on any atom is 0.408 e. The smallest absolute Gasteiger partial charge is 0.382 e. The molecule has 4 aromatic heterocycles. The van der Waals surface area contributed by atoms with Crippen LogP contribution in [0.4, 0.5) is 30.5 Å². The second kappa shape index (κ2) is 12.3. The van der Waals surface area contributed by atoms with Crippen molar-refractivity contribution in [3.8, 4) is 22.6 Å².